The summed E-state index contributed by atoms with van der Waals surface area (Å²) in [5, 5.41) is 13.5. The van der Waals surface area contributed by atoms with Gasteiger partial charge in [0.25, 0.3) is 11.6 Å². The van der Waals surface area contributed by atoms with Crippen LogP contribution in [0.2, 0.25) is 0 Å². The Kier molecular flexibility index (Phi) is 5.38. The molecule has 132 valence electrons. The average molecular weight is 348 g/mol. The number of ether oxygens (including phenoxy) is 2. The summed E-state index contributed by atoms with van der Waals surface area (Å²) < 4.78 is 15.0. The molecule has 25 heavy (non-hydrogen) atoms. The number of methoxy groups -OCH3 is 1. The Hall–Kier alpha value is -3.36. The van der Waals surface area contributed by atoms with Crippen LogP contribution in [0.1, 0.15) is 23.0 Å². The third-order valence-corrected chi connectivity index (χ3v) is 3.39. The van der Waals surface area contributed by atoms with Gasteiger partial charge in [-0.05, 0) is 32.0 Å². The zero-order valence-corrected chi connectivity index (χ0v) is 13.8. The first kappa shape index (κ1) is 18.0. The summed E-state index contributed by atoms with van der Waals surface area (Å²) in [7, 11) is 1.37. The molecule has 9 nitrogen and oxygen atoms in total. The molecule has 0 aliphatic rings. The highest BCUT2D eigenvalue weighted by Crippen LogP contribution is 2.29. The number of carbonyl (C=O) groups is 2. The zero-order valence-electron chi connectivity index (χ0n) is 13.8. The minimum Gasteiger partial charge on any atom is -0.496 e. The molecule has 1 amide bonds. The highest BCUT2D eigenvalue weighted by Gasteiger charge is 2.24. The van der Waals surface area contributed by atoms with Crippen LogP contribution < -0.4 is 10.1 Å². The minimum absolute atomic E-state index is 0.0295. The van der Waals surface area contributed by atoms with Crippen molar-refractivity contribution in [2.24, 2.45) is 0 Å². The molecule has 1 aromatic carbocycles. The Morgan fingerprint density at radius 1 is 1.32 bits per heavy atom. The molecule has 1 N–H and O–H groups in total. The topological polar surface area (TPSA) is 121 Å². The van der Waals surface area contributed by atoms with E-state index in [1.54, 1.807) is 6.92 Å². The van der Waals surface area contributed by atoms with Gasteiger partial charge in [-0.2, -0.15) is 0 Å². The van der Waals surface area contributed by atoms with E-state index < -0.39 is 22.9 Å². The molecule has 9 heteroatoms. The number of nitro groups is 1. The number of rotatable bonds is 6. The second-order valence-electron chi connectivity index (χ2n) is 5.07. The normalized spacial score (nSPS) is 11.5. The van der Waals surface area contributed by atoms with Crippen molar-refractivity contribution in [3.05, 3.63) is 52.0 Å². The van der Waals surface area contributed by atoms with Gasteiger partial charge < -0.3 is 19.2 Å². The molecule has 0 spiro atoms. The van der Waals surface area contributed by atoms with Crippen molar-refractivity contribution in [2.75, 3.05) is 12.4 Å². The second-order valence-corrected chi connectivity index (χ2v) is 5.07. The predicted molar refractivity (Wildman–Crippen MR) is 86.6 cm³/mol. The molecule has 1 atom stereocenters. The monoisotopic (exact) mass is 348 g/mol. The first-order valence-corrected chi connectivity index (χ1v) is 7.22. The Balaban J connectivity index is 2.10. The Bertz CT molecular complexity index is 813. The van der Waals surface area contributed by atoms with Gasteiger partial charge in [0, 0.05) is 0 Å². The highest BCUT2D eigenvalue weighted by atomic mass is 16.6. The molecular weight excluding hydrogens is 332 g/mol. The number of amides is 1. The van der Waals surface area contributed by atoms with E-state index in [1.807, 2.05) is 0 Å². The van der Waals surface area contributed by atoms with Crippen molar-refractivity contribution >= 4 is 23.3 Å². The maximum atomic E-state index is 12.2. The quantitative estimate of drug-likeness (QED) is 0.484. The molecule has 0 fully saturated rings. The van der Waals surface area contributed by atoms with Crippen LogP contribution in [0.25, 0.3) is 0 Å². The number of nitro benzene ring substituents is 1. The molecule has 0 bridgehead atoms. The van der Waals surface area contributed by atoms with Crippen molar-refractivity contribution in [2.45, 2.75) is 20.0 Å². The van der Waals surface area contributed by atoms with Crippen molar-refractivity contribution in [3.8, 4) is 5.75 Å². The summed E-state index contributed by atoms with van der Waals surface area (Å²) in [6.45, 7) is 2.94. The fourth-order valence-electron chi connectivity index (χ4n) is 2.00. The summed E-state index contributed by atoms with van der Waals surface area (Å²) in [4.78, 5) is 34.6. The number of nitrogens with zero attached hydrogens (tertiary/aromatic N) is 1. The number of hydrogen-bond acceptors (Lipinski definition) is 7. The number of furan rings is 1. The molecule has 2 aromatic rings. The van der Waals surface area contributed by atoms with Gasteiger partial charge in [0.15, 0.2) is 6.10 Å². The van der Waals surface area contributed by atoms with Gasteiger partial charge in [-0.25, -0.2) is 4.79 Å². The van der Waals surface area contributed by atoms with Crippen LogP contribution in [0.15, 0.2) is 34.9 Å². The fourth-order valence-corrected chi connectivity index (χ4v) is 2.00. The molecule has 0 saturated heterocycles. The van der Waals surface area contributed by atoms with Crippen molar-refractivity contribution in [1.29, 1.82) is 0 Å². The van der Waals surface area contributed by atoms with Gasteiger partial charge in [-0.3, -0.25) is 14.9 Å². The average Bonchev–Trinajstić information content (AvgIpc) is 3.00. The van der Waals surface area contributed by atoms with Crippen LogP contribution in [0, 0.1) is 17.0 Å². The van der Waals surface area contributed by atoms with Crippen molar-refractivity contribution in [3.63, 3.8) is 0 Å². The molecule has 0 unspecified atom stereocenters. The van der Waals surface area contributed by atoms with E-state index in [1.165, 1.54) is 44.6 Å². The van der Waals surface area contributed by atoms with E-state index in [0.717, 1.165) is 0 Å². The SMILES string of the molecule is COc1ccc(NC(=O)[C@H](C)OC(=O)c2ccoc2C)c([N+](=O)[O-])c1. The summed E-state index contributed by atoms with van der Waals surface area (Å²) in [5.41, 5.74) is -0.162. The first-order chi connectivity index (χ1) is 11.8. The lowest BCUT2D eigenvalue weighted by molar-refractivity contribution is -0.384. The number of benzene rings is 1. The summed E-state index contributed by atoms with van der Waals surface area (Å²) >= 11 is 0. The predicted octanol–water partition coefficient (Wildman–Crippen LogP) is 2.69. The third-order valence-electron chi connectivity index (χ3n) is 3.39. The van der Waals surface area contributed by atoms with Gasteiger partial charge in [0.2, 0.25) is 0 Å². The summed E-state index contributed by atoms with van der Waals surface area (Å²) in [6.07, 6.45) is 0.167. The largest absolute Gasteiger partial charge is 0.496 e. The van der Waals surface area contributed by atoms with Crippen LogP contribution in [0.4, 0.5) is 11.4 Å². The van der Waals surface area contributed by atoms with E-state index >= 15 is 0 Å². The van der Waals surface area contributed by atoms with Crippen LogP contribution in [0.3, 0.4) is 0 Å². The first-order valence-electron chi connectivity index (χ1n) is 7.22. The molecular formula is C16H16N2O7. The van der Waals surface area contributed by atoms with E-state index in [0.29, 0.717) is 5.76 Å². The number of anilines is 1. The van der Waals surface area contributed by atoms with E-state index in [2.05, 4.69) is 5.32 Å². The van der Waals surface area contributed by atoms with Crippen LogP contribution in [-0.4, -0.2) is 30.0 Å². The number of esters is 1. The van der Waals surface area contributed by atoms with Gasteiger partial charge in [-0.1, -0.05) is 0 Å². The van der Waals surface area contributed by atoms with E-state index in [4.69, 9.17) is 13.9 Å². The molecule has 0 radical (unpaired) electrons. The molecule has 0 aliphatic heterocycles. The lowest BCUT2D eigenvalue weighted by Gasteiger charge is -2.13. The van der Waals surface area contributed by atoms with Gasteiger partial charge >= 0.3 is 5.97 Å². The van der Waals surface area contributed by atoms with Crippen LogP contribution >= 0.6 is 0 Å². The number of aryl methyl sites for hydroxylation is 1. The highest BCUT2D eigenvalue weighted by molar-refractivity contribution is 5.98. The number of carbonyl (C=O) groups excluding carboxylic acids is 2. The molecule has 1 heterocycles. The van der Waals surface area contributed by atoms with Crippen LogP contribution in [0.5, 0.6) is 5.75 Å². The maximum Gasteiger partial charge on any atom is 0.342 e. The smallest absolute Gasteiger partial charge is 0.342 e. The summed E-state index contributed by atoms with van der Waals surface area (Å²) in [5.74, 6) is -0.788. The second kappa shape index (κ2) is 7.47. The Morgan fingerprint density at radius 3 is 2.60 bits per heavy atom. The summed E-state index contributed by atoms with van der Waals surface area (Å²) in [6, 6.07) is 5.41. The zero-order chi connectivity index (χ0) is 18.6. The molecule has 1 aromatic heterocycles. The number of nitrogens with one attached hydrogen (secondary N) is 1. The standard InChI is InChI=1S/C16H16N2O7/c1-9-12(6-7-24-9)16(20)25-10(2)15(19)17-13-5-4-11(23-3)8-14(13)18(21)22/h4-8,10H,1-3H3,(H,17,19)/t10-/m0/s1. The maximum absolute atomic E-state index is 12.2. The van der Waals surface area contributed by atoms with E-state index in [9.17, 15) is 19.7 Å². The van der Waals surface area contributed by atoms with Crippen molar-refractivity contribution in [1.82, 2.24) is 0 Å². The van der Waals surface area contributed by atoms with Gasteiger partial charge in [-0.15, -0.1) is 0 Å². The third kappa shape index (κ3) is 4.14. The van der Waals surface area contributed by atoms with Gasteiger partial charge in [0.05, 0.1) is 24.4 Å². The molecule has 0 aliphatic carbocycles. The minimum atomic E-state index is -1.16. The number of hydrogen-bond donors (Lipinski definition) is 1. The lowest BCUT2D eigenvalue weighted by atomic mass is 10.2. The fraction of sp³-hybridized carbons (Fsp3) is 0.250. The Morgan fingerprint density at radius 2 is 2.04 bits per heavy atom. The van der Waals surface area contributed by atoms with Gasteiger partial charge in [0.1, 0.15) is 22.8 Å². The Labute approximate surface area is 142 Å². The van der Waals surface area contributed by atoms with E-state index in [-0.39, 0.29) is 22.7 Å². The molecule has 2 rings (SSSR count). The van der Waals surface area contributed by atoms with Crippen LogP contribution in [-0.2, 0) is 9.53 Å². The lowest BCUT2D eigenvalue weighted by Crippen LogP contribution is -2.30. The van der Waals surface area contributed by atoms with Crippen molar-refractivity contribution < 1.29 is 28.4 Å². The molecule has 0 saturated carbocycles.